The van der Waals surface area contributed by atoms with E-state index in [0.717, 1.165) is 36.1 Å². The van der Waals surface area contributed by atoms with Crippen LogP contribution in [0.1, 0.15) is 18.4 Å². The van der Waals surface area contributed by atoms with Crippen molar-refractivity contribution in [2.24, 2.45) is 0 Å². The van der Waals surface area contributed by atoms with Crippen LogP contribution < -0.4 is 4.74 Å². The van der Waals surface area contributed by atoms with E-state index in [4.69, 9.17) is 21.1 Å². The number of carbonyl (C=O) groups excluding carboxylic acids is 1. The van der Waals surface area contributed by atoms with Crippen molar-refractivity contribution in [3.05, 3.63) is 83.6 Å². The average Bonchev–Trinajstić information content (AvgIpc) is 3.32. The monoisotopic (exact) mass is 436 g/mol. The number of hydrogen-bond donors (Lipinski definition) is 0. The van der Waals surface area contributed by atoms with Gasteiger partial charge in [-0.1, -0.05) is 54.1 Å². The van der Waals surface area contributed by atoms with E-state index in [9.17, 15) is 4.79 Å². The average molecular weight is 437 g/mol. The lowest BCUT2D eigenvalue weighted by Crippen LogP contribution is -2.39. The number of benzene rings is 2. The van der Waals surface area contributed by atoms with Crippen molar-refractivity contribution in [3.8, 4) is 16.9 Å². The van der Waals surface area contributed by atoms with Crippen LogP contribution in [0.2, 0.25) is 5.02 Å². The number of amides is 1. The van der Waals surface area contributed by atoms with Crippen LogP contribution in [-0.4, -0.2) is 41.7 Å². The van der Waals surface area contributed by atoms with Gasteiger partial charge in [0.15, 0.2) is 6.61 Å². The van der Waals surface area contributed by atoms with Gasteiger partial charge in [0.1, 0.15) is 5.75 Å². The minimum atomic E-state index is -0.109. The third-order valence-electron chi connectivity index (χ3n) is 5.29. The molecule has 1 saturated heterocycles. The summed E-state index contributed by atoms with van der Waals surface area (Å²) < 4.78 is 11.5. The lowest BCUT2D eigenvalue weighted by atomic mass is 10.1. The predicted octanol–water partition coefficient (Wildman–Crippen LogP) is 4.99. The highest BCUT2D eigenvalue weighted by Crippen LogP contribution is 2.30. The van der Waals surface area contributed by atoms with Crippen molar-refractivity contribution in [1.29, 1.82) is 0 Å². The highest BCUT2D eigenvalue weighted by molar-refractivity contribution is 6.32. The standard InChI is InChI=1S/C25H25ClN2O3/c26-23-14-21(20-7-2-1-3-8-20)10-11-24(23)31-18-25(29)28(17-22-9-5-13-30-22)16-19-6-4-12-27-15-19/h1-4,6-8,10-12,14-15,22H,5,9,13,16-18H2. The fourth-order valence-electron chi connectivity index (χ4n) is 3.66. The first-order valence-corrected chi connectivity index (χ1v) is 10.8. The molecule has 5 nitrogen and oxygen atoms in total. The van der Waals surface area contributed by atoms with Gasteiger partial charge in [-0.3, -0.25) is 9.78 Å². The summed E-state index contributed by atoms with van der Waals surface area (Å²) in [5.74, 6) is 0.385. The summed E-state index contributed by atoms with van der Waals surface area (Å²) in [5.41, 5.74) is 3.05. The molecule has 1 fully saturated rings. The Hall–Kier alpha value is -2.89. The first-order chi connectivity index (χ1) is 15.2. The van der Waals surface area contributed by atoms with Crippen molar-refractivity contribution in [3.63, 3.8) is 0 Å². The molecule has 0 aliphatic carbocycles. The number of ether oxygens (including phenoxy) is 2. The Morgan fingerprint density at radius 3 is 2.71 bits per heavy atom. The van der Waals surface area contributed by atoms with E-state index in [0.29, 0.717) is 23.9 Å². The molecule has 1 aliphatic heterocycles. The molecule has 160 valence electrons. The van der Waals surface area contributed by atoms with Gasteiger partial charge in [-0.2, -0.15) is 0 Å². The van der Waals surface area contributed by atoms with Gasteiger partial charge in [0.2, 0.25) is 0 Å². The Kier molecular flexibility index (Phi) is 7.18. The Morgan fingerprint density at radius 2 is 2.00 bits per heavy atom. The molecular formula is C25H25ClN2O3. The number of rotatable bonds is 8. The van der Waals surface area contributed by atoms with Crippen LogP contribution in [0.4, 0.5) is 0 Å². The van der Waals surface area contributed by atoms with E-state index in [1.165, 1.54) is 0 Å². The van der Waals surface area contributed by atoms with E-state index in [1.807, 2.05) is 60.7 Å². The van der Waals surface area contributed by atoms with E-state index in [1.54, 1.807) is 17.3 Å². The number of carbonyl (C=O) groups is 1. The second-order valence-electron chi connectivity index (χ2n) is 7.57. The van der Waals surface area contributed by atoms with Crippen molar-refractivity contribution < 1.29 is 14.3 Å². The van der Waals surface area contributed by atoms with Crippen LogP contribution >= 0.6 is 11.6 Å². The van der Waals surface area contributed by atoms with E-state index in [2.05, 4.69) is 4.98 Å². The fraction of sp³-hybridized carbons (Fsp3) is 0.280. The molecular weight excluding hydrogens is 412 g/mol. The molecule has 31 heavy (non-hydrogen) atoms. The summed E-state index contributed by atoms with van der Waals surface area (Å²) in [6, 6.07) is 19.4. The van der Waals surface area contributed by atoms with Gasteiger partial charge >= 0.3 is 0 Å². The summed E-state index contributed by atoms with van der Waals surface area (Å²) in [6.45, 7) is 1.67. The number of aromatic nitrogens is 1. The van der Waals surface area contributed by atoms with Crippen LogP contribution in [0.5, 0.6) is 5.75 Å². The summed E-state index contributed by atoms with van der Waals surface area (Å²) in [5, 5.41) is 0.479. The summed E-state index contributed by atoms with van der Waals surface area (Å²) in [7, 11) is 0. The summed E-state index contributed by atoms with van der Waals surface area (Å²) in [4.78, 5) is 18.9. The SMILES string of the molecule is O=C(COc1ccc(-c2ccccc2)cc1Cl)N(Cc1cccnc1)CC1CCCO1. The second kappa shape index (κ2) is 10.4. The van der Waals surface area contributed by atoms with E-state index < -0.39 is 0 Å². The zero-order chi connectivity index (χ0) is 21.5. The number of halogens is 1. The summed E-state index contributed by atoms with van der Waals surface area (Å²) >= 11 is 6.43. The Balaban J connectivity index is 1.41. The normalized spacial score (nSPS) is 15.6. The molecule has 1 amide bonds. The molecule has 0 spiro atoms. The number of hydrogen-bond acceptors (Lipinski definition) is 4. The van der Waals surface area contributed by atoms with Crippen LogP contribution in [0, 0.1) is 0 Å². The maximum absolute atomic E-state index is 13.0. The highest BCUT2D eigenvalue weighted by atomic mass is 35.5. The zero-order valence-electron chi connectivity index (χ0n) is 17.2. The minimum Gasteiger partial charge on any atom is -0.482 e. The van der Waals surface area contributed by atoms with Crippen molar-refractivity contribution in [2.75, 3.05) is 19.8 Å². The smallest absolute Gasteiger partial charge is 0.260 e. The molecule has 0 N–H and O–H groups in total. The topological polar surface area (TPSA) is 51.7 Å². The van der Waals surface area contributed by atoms with Crippen LogP contribution in [0.15, 0.2) is 73.1 Å². The van der Waals surface area contributed by atoms with Crippen molar-refractivity contribution >= 4 is 17.5 Å². The molecule has 0 bridgehead atoms. The van der Waals surface area contributed by atoms with Crippen molar-refractivity contribution in [2.45, 2.75) is 25.5 Å². The van der Waals surface area contributed by atoms with Gasteiger partial charge in [0.25, 0.3) is 5.91 Å². The predicted molar refractivity (Wildman–Crippen MR) is 121 cm³/mol. The molecule has 4 rings (SSSR count). The molecule has 6 heteroatoms. The maximum Gasteiger partial charge on any atom is 0.260 e. The summed E-state index contributed by atoms with van der Waals surface area (Å²) in [6.07, 6.45) is 5.55. The van der Waals surface area contributed by atoms with Gasteiger partial charge in [-0.25, -0.2) is 0 Å². The molecule has 1 aromatic heterocycles. The quantitative estimate of drug-likeness (QED) is 0.499. The third kappa shape index (κ3) is 5.84. The van der Waals surface area contributed by atoms with Crippen molar-refractivity contribution in [1.82, 2.24) is 9.88 Å². The first-order valence-electron chi connectivity index (χ1n) is 10.4. The lowest BCUT2D eigenvalue weighted by Gasteiger charge is -2.25. The number of pyridine rings is 1. The van der Waals surface area contributed by atoms with Crippen LogP contribution in [0.3, 0.4) is 0 Å². The van der Waals surface area contributed by atoms with Gasteiger partial charge in [0, 0.05) is 32.1 Å². The molecule has 2 heterocycles. The largest absolute Gasteiger partial charge is 0.482 e. The van der Waals surface area contributed by atoms with E-state index >= 15 is 0 Å². The molecule has 3 aromatic rings. The van der Waals surface area contributed by atoms with Gasteiger partial charge in [-0.15, -0.1) is 0 Å². The minimum absolute atomic E-state index is 0.0642. The Labute approximate surface area is 187 Å². The lowest BCUT2D eigenvalue weighted by molar-refractivity contribution is -0.135. The molecule has 1 unspecified atom stereocenters. The molecule has 2 aromatic carbocycles. The van der Waals surface area contributed by atoms with Crippen LogP contribution in [-0.2, 0) is 16.1 Å². The first kappa shape index (κ1) is 21.3. The van der Waals surface area contributed by atoms with Gasteiger partial charge in [-0.05, 0) is 47.7 Å². The Bertz CT molecular complexity index is 992. The zero-order valence-corrected chi connectivity index (χ0v) is 18.0. The third-order valence-corrected chi connectivity index (χ3v) is 5.58. The van der Waals surface area contributed by atoms with Crippen LogP contribution in [0.25, 0.3) is 11.1 Å². The molecule has 0 saturated carbocycles. The molecule has 1 aliphatic rings. The van der Waals surface area contributed by atoms with E-state index in [-0.39, 0.29) is 18.6 Å². The fourth-order valence-corrected chi connectivity index (χ4v) is 3.89. The molecule has 1 atom stereocenters. The molecule has 0 radical (unpaired) electrons. The maximum atomic E-state index is 13.0. The van der Waals surface area contributed by atoms with Gasteiger partial charge in [0.05, 0.1) is 11.1 Å². The highest BCUT2D eigenvalue weighted by Gasteiger charge is 2.23. The Morgan fingerprint density at radius 1 is 1.13 bits per heavy atom. The second-order valence-corrected chi connectivity index (χ2v) is 7.98. The number of nitrogens with zero attached hydrogens (tertiary/aromatic N) is 2. The van der Waals surface area contributed by atoms with Gasteiger partial charge < -0.3 is 14.4 Å².